The lowest BCUT2D eigenvalue weighted by Crippen LogP contribution is -2.43. The predicted molar refractivity (Wildman–Crippen MR) is 106 cm³/mol. The highest BCUT2D eigenvalue weighted by Gasteiger charge is 2.38. The van der Waals surface area contributed by atoms with Crippen LogP contribution in [0.2, 0.25) is 5.02 Å². The van der Waals surface area contributed by atoms with Crippen molar-refractivity contribution in [1.82, 2.24) is 4.90 Å². The number of anilines is 1. The van der Waals surface area contributed by atoms with Crippen LogP contribution in [0.1, 0.15) is 46.1 Å². The number of amides is 1. The Balaban J connectivity index is 0.00000117. The van der Waals surface area contributed by atoms with Crippen LogP contribution in [0.4, 0.5) is 10.5 Å². The molecule has 2 aliphatic heterocycles. The Hall–Kier alpha value is -1.46. The summed E-state index contributed by atoms with van der Waals surface area (Å²) in [7, 11) is 1.00. The second-order valence-electron chi connectivity index (χ2n) is 7.94. The van der Waals surface area contributed by atoms with E-state index in [9.17, 15) is 4.79 Å². The van der Waals surface area contributed by atoms with E-state index in [1.807, 2.05) is 31.7 Å². The summed E-state index contributed by atoms with van der Waals surface area (Å²) in [6, 6.07) is 6.70. The summed E-state index contributed by atoms with van der Waals surface area (Å²) in [6.45, 7) is 9.60. The van der Waals surface area contributed by atoms with Gasteiger partial charge < -0.3 is 19.6 Å². The van der Waals surface area contributed by atoms with Crippen LogP contribution in [0.15, 0.2) is 18.2 Å². The molecule has 1 aromatic carbocycles. The molecule has 0 radical (unpaired) electrons. The van der Waals surface area contributed by atoms with Gasteiger partial charge in [-0.25, -0.2) is 4.79 Å². The number of ether oxygens (including phenoxy) is 1. The average molecular weight is 383 g/mol. The number of hydrogen-bond acceptors (Lipinski definition) is 4. The smallest absolute Gasteiger partial charge is 0.410 e. The number of nitrogens with zero attached hydrogens (tertiary/aromatic N) is 2. The number of likely N-dealkylation sites (tertiary alicyclic amines) is 1. The van der Waals surface area contributed by atoms with Gasteiger partial charge in [-0.3, -0.25) is 0 Å². The van der Waals surface area contributed by atoms with Gasteiger partial charge in [-0.15, -0.1) is 0 Å². The van der Waals surface area contributed by atoms with E-state index in [1.165, 1.54) is 11.3 Å². The van der Waals surface area contributed by atoms with Gasteiger partial charge in [0.15, 0.2) is 0 Å². The lowest BCUT2D eigenvalue weighted by atomic mass is 9.99. The number of halogens is 1. The van der Waals surface area contributed by atoms with Crippen LogP contribution in [-0.4, -0.2) is 54.0 Å². The van der Waals surface area contributed by atoms with Crippen molar-refractivity contribution in [3.05, 3.63) is 28.8 Å². The SMILES string of the molecule is CC1CC(N2CCCc3cc(Cl)ccc32)CN1C(=O)OC(C)(C)C.CO. The predicted octanol–water partition coefficient (Wildman–Crippen LogP) is 4.10. The van der Waals surface area contributed by atoms with Crippen LogP contribution >= 0.6 is 11.6 Å². The normalized spacial score (nSPS) is 22.4. The van der Waals surface area contributed by atoms with Crippen LogP contribution < -0.4 is 4.90 Å². The highest BCUT2D eigenvalue weighted by molar-refractivity contribution is 6.30. The molecule has 1 amide bonds. The highest BCUT2D eigenvalue weighted by atomic mass is 35.5. The summed E-state index contributed by atoms with van der Waals surface area (Å²) in [6.07, 6.45) is 2.97. The van der Waals surface area contributed by atoms with Crippen molar-refractivity contribution in [1.29, 1.82) is 0 Å². The fourth-order valence-electron chi connectivity index (χ4n) is 3.78. The van der Waals surface area contributed by atoms with Gasteiger partial charge in [-0.05, 0) is 70.7 Å². The number of carbonyl (C=O) groups excluding carboxylic acids is 1. The lowest BCUT2D eigenvalue weighted by Gasteiger charge is -2.36. The molecule has 0 saturated carbocycles. The molecule has 1 saturated heterocycles. The first kappa shape index (κ1) is 20.8. The summed E-state index contributed by atoms with van der Waals surface area (Å²) in [5, 5.41) is 7.80. The van der Waals surface area contributed by atoms with E-state index in [1.54, 1.807) is 0 Å². The average Bonchev–Trinajstić information content (AvgIpc) is 2.96. The number of aliphatic hydroxyl groups excluding tert-OH is 1. The minimum absolute atomic E-state index is 0.197. The number of rotatable bonds is 1. The molecular weight excluding hydrogens is 352 g/mol. The summed E-state index contributed by atoms with van der Waals surface area (Å²) in [4.78, 5) is 16.8. The van der Waals surface area contributed by atoms with E-state index in [4.69, 9.17) is 21.4 Å². The van der Waals surface area contributed by atoms with Crippen molar-refractivity contribution in [2.75, 3.05) is 25.1 Å². The zero-order valence-corrected chi connectivity index (χ0v) is 17.2. The molecule has 0 spiro atoms. The van der Waals surface area contributed by atoms with Crippen LogP contribution in [-0.2, 0) is 11.2 Å². The number of aryl methyl sites for hydroxylation is 1. The molecule has 26 heavy (non-hydrogen) atoms. The van der Waals surface area contributed by atoms with Crippen molar-refractivity contribution in [3.8, 4) is 0 Å². The fourth-order valence-corrected chi connectivity index (χ4v) is 3.97. The van der Waals surface area contributed by atoms with Gasteiger partial charge in [0.1, 0.15) is 5.60 Å². The third-order valence-corrected chi connectivity index (χ3v) is 5.05. The minimum atomic E-state index is -0.455. The van der Waals surface area contributed by atoms with Gasteiger partial charge in [0.25, 0.3) is 0 Å². The minimum Gasteiger partial charge on any atom is -0.444 e. The fraction of sp³-hybridized carbons (Fsp3) is 0.650. The molecule has 1 aromatic rings. The first-order chi connectivity index (χ1) is 12.2. The molecule has 2 aliphatic rings. The number of carbonyl (C=O) groups is 1. The molecule has 1 N–H and O–H groups in total. The second-order valence-corrected chi connectivity index (χ2v) is 8.38. The van der Waals surface area contributed by atoms with E-state index in [0.29, 0.717) is 6.04 Å². The Morgan fingerprint density at radius 3 is 2.65 bits per heavy atom. The van der Waals surface area contributed by atoms with Crippen LogP contribution in [0, 0.1) is 0 Å². The summed E-state index contributed by atoms with van der Waals surface area (Å²) >= 11 is 6.15. The molecular formula is C20H31ClN2O3. The molecule has 6 heteroatoms. The first-order valence-corrected chi connectivity index (χ1v) is 9.62. The topological polar surface area (TPSA) is 53.0 Å². The lowest BCUT2D eigenvalue weighted by molar-refractivity contribution is 0.0237. The molecule has 0 bridgehead atoms. The van der Waals surface area contributed by atoms with Crippen molar-refractivity contribution in [3.63, 3.8) is 0 Å². The third-order valence-electron chi connectivity index (χ3n) is 4.82. The second kappa shape index (κ2) is 8.49. The zero-order chi connectivity index (χ0) is 19.5. The third kappa shape index (κ3) is 4.83. The molecule has 1 fully saturated rings. The maximum atomic E-state index is 12.5. The van der Waals surface area contributed by atoms with Gasteiger partial charge in [0.05, 0.1) is 0 Å². The van der Waals surface area contributed by atoms with Crippen molar-refractivity contribution in [2.45, 2.75) is 64.6 Å². The molecule has 2 heterocycles. The van der Waals surface area contributed by atoms with E-state index in [2.05, 4.69) is 24.0 Å². The van der Waals surface area contributed by atoms with Gasteiger partial charge >= 0.3 is 6.09 Å². The maximum absolute atomic E-state index is 12.5. The van der Waals surface area contributed by atoms with Gasteiger partial charge in [0.2, 0.25) is 0 Å². The monoisotopic (exact) mass is 382 g/mol. The standard InChI is InChI=1S/C19H27ClN2O2.CH4O/c1-13-10-16(12-22(13)18(23)24-19(2,3)4)21-9-5-6-14-11-15(20)7-8-17(14)21;1-2/h7-8,11,13,16H,5-6,9-10,12H2,1-4H3;2H,1H3. The summed E-state index contributed by atoms with van der Waals surface area (Å²) < 4.78 is 5.56. The summed E-state index contributed by atoms with van der Waals surface area (Å²) in [5.41, 5.74) is 2.13. The highest BCUT2D eigenvalue weighted by Crippen LogP contribution is 2.34. The van der Waals surface area contributed by atoms with Crippen LogP contribution in [0.25, 0.3) is 0 Å². The first-order valence-electron chi connectivity index (χ1n) is 9.24. The Labute approximate surface area is 161 Å². The number of fused-ring (bicyclic) bond motifs is 1. The molecule has 3 rings (SSSR count). The number of hydrogen-bond donors (Lipinski definition) is 1. The van der Waals surface area contributed by atoms with Crippen LogP contribution in [0.3, 0.4) is 0 Å². The molecule has 5 nitrogen and oxygen atoms in total. The number of benzene rings is 1. The van der Waals surface area contributed by atoms with Gasteiger partial charge in [0, 0.05) is 43.0 Å². The molecule has 0 aliphatic carbocycles. The molecule has 2 atom stereocenters. The van der Waals surface area contributed by atoms with Crippen molar-refractivity contribution in [2.24, 2.45) is 0 Å². The van der Waals surface area contributed by atoms with Crippen molar-refractivity contribution < 1.29 is 14.6 Å². The Morgan fingerprint density at radius 2 is 2.00 bits per heavy atom. The molecule has 0 aromatic heterocycles. The Bertz CT molecular complexity index is 630. The van der Waals surface area contributed by atoms with Crippen LogP contribution in [0.5, 0.6) is 0 Å². The van der Waals surface area contributed by atoms with Gasteiger partial charge in [-0.1, -0.05) is 11.6 Å². The summed E-state index contributed by atoms with van der Waals surface area (Å²) in [5.74, 6) is 0. The van der Waals surface area contributed by atoms with E-state index in [0.717, 1.165) is 44.5 Å². The zero-order valence-electron chi connectivity index (χ0n) is 16.5. The Morgan fingerprint density at radius 1 is 1.31 bits per heavy atom. The maximum Gasteiger partial charge on any atom is 0.410 e. The molecule has 2 unspecified atom stereocenters. The largest absolute Gasteiger partial charge is 0.444 e. The van der Waals surface area contributed by atoms with E-state index >= 15 is 0 Å². The van der Waals surface area contributed by atoms with E-state index in [-0.39, 0.29) is 12.1 Å². The molecule has 146 valence electrons. The van der Waals surface area contributed by atoms with E-state index < -0.39 is 5.60 Å². The van der Waals surface area contributed by atoms with Crippen molar-refractivity contribution >= 4 is 23.4 Å². The quantitative estimate of drug-likeness (QED) is 0.794. The number of aliphatic hydroxyl groups is 1. The van der Waals surface area contributed by atoms with Gasteiger partial charge in [-0.2, -0.15) is 0 Å². The Kier molecular flexibility index (Phi) is 6.80.